The molecule has 0 saturated carbocycles. The van der Waals surface area contributed by atoms with Crippen molar-refractivity contribution >= 4 is 10.8 Å². The second-order valence-corrected chi connectivity index (χ2v) is 6.49. The van der Waals surface area contributed by atoms with E-state index in [1.54, 1.807) is 7.11 Å². The maximum atomic E-state index is 11.9. The van der Waals surface area contributed by atoms with Gasteiger partial charge in [-0.15, -0.1) is 0 Å². The molecule has 0 aromatic heterocycles. The lowest BCUT2D eigenvalue weighted by atomic mass is 10.1. The van der Waals surface area contributed by atoms with Crippen molar-refractivity contribution in [1.29, 1.82) is 0 Å². The molecule has 0 radical (unpaired) electrons. The Bertz CT molecular complexity index is 376. The molecule has 0 aliphatic heterocycles. The van der Waals surface area contributed by atoms with Crippen LogP contribution in [-0.4, -0.2) is 22.8 Å². The Morgan fingerprint density at radius 2 is 1.89 bits per heavy atom. The molecular weight excluding hydrogens is 246 g/mol. The van der Waals surface area contributed by atoms with E-state index >= 15 is 0 Å². The van der Waals surface area contributed by atoms with Gasteiger partial charge in [0.1, 0.15) is 5.75 Å². The number of hydrogen-bond acceptors (Lipinski definition) is 3. The van der Waals surface area contributed by atoms with Gasteiger partial charge in [0.25, 0.3) is 0 Å². The van der Waals surface area contributed by atoms with Crippen molar-refractivity contribution in [1.82, 2.24) is 0 Å². The molecule has 0 heterocycles. The molecule has 0 aliphatic carbocycles. The molecular formula is C14H23NO2S. The van der Waals surface area contributed by atoms with Gasteiger partial charge in [0.15, 0.2) is 0 Å². The van der Waals surface area contributed by atoms with Crippen LogP contribution >= 0.6 is 0 Å². The van der Waals surface area contributed by atoms with E-state index < -0.39 is 10.8 Å². The van der Waals surface area contributed by atoms with Crippen LogP contribution in [0.2, 0.25) is 0 Å². The molecule has 4 heteroatoms. The van der Waals surface area contributed by atoms with Crippen molar-refractivity contribution < 1.29 is 8.95 Å². The Balaban J connectivity index is 2.48. The summed E-state index contributed by atoms with van der Waals surface area (Å²) in [6.07, 6.45) is 0.988. The van der Waals surface area contributed by atoms with E-state index in [0.717, 1.165) is 23.5 Å². The maximum Gasteiger partial charge on any atom is 0.118 e. The summed E-state index contributed by atoms with van der Waals surface area (Å²) in [6, 6.07) is 7.47. The Morgan fingerprint density at radius 1 is 1.28 bits per heavy atom. The lowest BCUT2D eigenvalue weighted by Crippen LogP contribution is -2.20. The van der Waals surface area contributed by atoms with Crippen molar-refractivity contribution in [3.05, 3.63) is 29.8 Å². The molecule has 0 fully saturated rings. The van der Waals surface area contributed by atoms with E-state index in [2.05, 4.69) is 13.8 Å². The predicted octanol–water partition coefficient (Wildman–Crippen LogP) is 2.49. The molecule has 0 amide bonds. The molecule has 1 aromatic carbocycles. The number of methoxy groups -OCH3 is 1. The Kier molecular flexibility index (Phi) is 6.36. The zero-order valence-corrected chi connectivity index (χ0v) is 12.2. The van der Waals surface area contributed by atoms with Gasteiger partial charge in [-0.2, -0.15) is 0 Å². The van der Waals surface area contributed by atoms with Crippen LogP contribution in [-0.2, 0) is 10.8 Å². The van der Waals surface area contributed by atoms with E-state index in [1.807, 2.05) is 24.3 Å². The molecule has 0 saturated heterocycles. The van der Waals surface area contributed by atoms with Crippen molar-refractivity contribution in [2.75, 3.05) is 18.6 Å². The van der Waals surface area contributed by atoms with Crippen molar-refractivity contribution in [3.63, 3.8) is 0 Å². The first-order chi connectivity index (χ1) is 8.52. The topological polar surface area (TPSA) is 52.3 Å². The number of nitrogens with two attached hydrogens (primary N) is 1. The third-order valence-electron chi connectivity index (χ3n) is 2.83. The van der Waals surface area contributed by atoms with Crippen LogP contribution < -0.4 is 10.5 Å². The zero-order valence-electron chi connectivity index (χ0n) is 11.4. The van der Waals surface area contributed by atoms with E-state index in [1.165, 1.54) is 0 Å². The first-order valence-electron chi connectivity index (χ1n) is 6.27. The number of rotatable bonds is 7. The van der Waals surface area contributed by atoms with Gasteiger partial charge in [-0.1, -0.05) is 26.0 Å². The SMILES string of the molecule is COc1ccc(C(N)CS(=O)CCC(C)C)cc1. The number of ether oxygens (including phenoxy) is 1. The standard InChI is InChI=1S/C14H23NO2S/c1-11(2)8-9-18(16)10-14(15)12-4-6-13(17-3)7-5-12/h4-7,11,14H,8-10,15H2,1-3H3. The van der Waals surface area contributed by atoms with Gasteiger partial charge in [-0.3, -0.25) is 4.21 Å². The highest BCUT2D eigenvalue weighted by Gasteiger charge is 2.11. The Labute approximate surface area is 112 Å². The normalized spacial score (nSPS) is 14.5. The number of benzene rings is 1. The lowest BCUT2D eigenvalue weighted by molar-refractivity contribution is 0.414. The number of hydrogen-bond donors (Lipinski definition) is 1. The van der Waals surface area contributed by atoms with Gasteiger partial charge in [-0.05, 0) is 30.0 Å². The van der Waals surface area contributed by atoms with Crippen LogP contribution in [0.5, 0.6) is 5.75 Å². The van der Waals surface area contributed by atoms with Crippen LogP contribution in [0.15, 0.2) is 24.3 Å². The Hall–Kier alpha value is -0.870. The van der Waals surface area contributed by atoms with Gasteiger partial charge in [-0.25, -0.2) is 0 Å². The average molecular weight is 269 g/mol. The van der Waals surface area contributed by atoms with E-state index in [0.29, 0.717) is 11.7 Å². The Morgan fingerprint density at radius 3 is 2.39 bits per heavy atom. The largest absolute Gasteiger partial charge is 0.497 e. The smallest absolute Gasteiger partial charge is 0.118 e. The van der Waals surface area contributed by atoms with Crippen LogP contribution in [0.3, 0.4) is 0 Å². The molecule has 1 rings (SSSR count). The first-order valence-corrected chi connectivity index (χ1v) is 7.76. The second kappa shape index (κ2) is 7.54. The summed E-state index contributed by atoms with van der Waals surface area (Å²) in [5.41, 5.74) is 7.07. The molecule has 18 heavy (non-hydrogen) atoms. The molecule has 0 bridgehead atoms. The first kappa shape index (κ1) is 15.2. The van der Waals surface area contributed by atoms with E-state index in [-0.39, 0.29) is 6.04 Å². The highest BCUT2D eigenvalue weighted by Crippen LogP contribution is 2.17. The fourth-order valence-electron chi connectivity index (χ4n) is 1.60. The fraction of sp³-hybridized carbons (Fsp3) is 0.571. The third kappa shape index (κ3) is 5.19. The summed E-state index contributed by atoms with van der Waals surface area (Å²) in [5, 5.41) is 0. The van der Waals surface area contributed by atoms with Gasteiger partial charge < -0.3 is 10.5 Å². The minimum absolute atomic E-state index is 0.163. The monoisotopic (exact) mass is 269 g/mol. The minimum Gasteiger partial charge on any atom is -0.497 e. The summed E-state index contributed by atoms with van der Waals surface area (Å²) >= 11 is 0. The van der Waals surface area contributed by atoms with Gasteiger partial charge in [0.2, 0.25) is 0 Å². The van der Waals surface area contributed by atoms with E-state index in [9.17, 15) is 4.21 Å². The molecule has 0 spiro atoms. The average Bonchev–Trinajstić information content (AvgIpc) is 2.36. The molecule has 0 aliphatic rings. The quantitative estimate of drug-likeness (QED) is 0.827. The summed E-state index contributed by atoms with van der Waals surface area (Å²) < 4.78 is 17.0. The van der Waals surface area contributed by atoms with Gasteiger partial charge in [0.05, 0.1) is 7.11 Å². The predicted molar refractivity (Wildman–Crippen MR) is 77.3 cm³/mol. The molecule has 2 unspecified atom stereocenters. The molecule has 3 nitrogen and oxygen atoms in total. The molecule has 2 N–H and O–H groups in total. The second-order valence-electron chi connectivity index (χ2n) is 4.87. The molecule has 1 aromatic rings. The minimum atomic E-state index is -0.835. The highest BCUT2D eigenvalue weighted by molar-refractivity contribution is 7.85. The summed E-state index contributed by atoms with van der Waals surface area (Å²) in [6.45, 7) is 4.28. The summed E-state index contributed by atoms with van der Waals surface area (Å²) in [5.74, 6) is 2.67. The highest BCUT2D eigenvalue weighted by atomic mass is 32.2. The molecule has 2 atom stereocenters. The van der Waals surface area contributed by atoms with Gasteiger partial charge >= 0.3 is 0 Å². The van der Waals surface area contributed by atoms with Gasteiger partial charge in [0, 0.05) is 28.3 Å². The van der Waals surface area contributed by atoms with Crippen molar-refractivity contribution in [2.24, 2.45) is 11.7 Å². The summed E-state index contributed by atoms with van der Waals surface area (Å²) in [7, 11) is 0.800. The van der Waals surface area contributed by atoms with Crippen LogP contribution in [0.25, 0.3) is 0 Å². The van der Waals surface area contributed by atoms with Crippen LogP contribution in [0.1, 0.15) is 31.9 Å². The maximum absolute atomic E-state index is 11.9. The lowest BCUT2D eigenvalue weighted by Gasteiger charge is -2.13. The third-order valence-corrected chi connectivity index (χ3v) is 4.25. The van der Waals surface area contributed by atoms with Crippen molar-refractivity contribution in [2.45, 2.75) is 26.3 Å². The van der Waals surface area contributed by atoms with Crippen LogP contribution in [0.4, 0.5) is 0 Å². The fourth-order valence-corrected chi connectivity index (χ4v) is 3.09. The van der Waals surface area contributed by atoms with E-state index in [4.69, 9.17) is 10.5 Å². The molecule has 102 valence electrons. The van der Waals surface area contributed by atoms with Crippen LogP contribution in [0, 0.1) is 5.92 Å². The summed E-state index contributed by atoms with van der Waals surface area (Å²) in [4.78, 5) is 0. The zero-order chi connectivity index (χ0) is 13.5. The van der Waals surface area contributed by atoms with Crippen molar-refractivity contribution in [3.8, 4) is 5.75 Å².